The van der Waals surface area contributed by atoms with Gasteiger partial charge in [0.25, 0.3) is 0 Å². The van der Waals surface area contributed by atoms with Crippen molar-refractivity contribution in [3.8, 4) is 0 Å². The Morgan fingerprint density at radius 3 is 3.00 bits per heavy atom. The number of nitrogens with zero attached hydrogens (tertiary/aromatic N) is 1. The summed E-state index contributed by atoms with van der Waals surface area (Å²) in [6.45, 7) is 0. The van der Waals surface area contributed by atoms with Crippen LogP contribution in [0.25, 0.3) is 0 Å². The van der Waals surface area contributed by atoms with E-state index >= 15 is 0 Å². The average Bonchev–Trinajstić information content (AvgIpc) is 2.33. The Morgan fingerprint density at radius 2 is 2.25 bits per heavy atom. The molecule has 1 aliphatic carbocycles. The van der Waals surface area contributed by atoms with E-state index in [9.17, 15) is 0 Å². The van der Waals surface area contributed by atoms with Crippen LogP contribution in [0.1, 0.15) is 25.7 Å². The second kappa shape index (κ2) is 5.87. The number of nitrogens with one attached hydrogen (secondary N) is 1. The van der Waals surface area contributed by atoms with Crippen molar-refractivity contribution < 1.29 is 0 Å². The standard InChI is InChI=1S/C12H16BrClN2/c13-10-5-3-7-15-12(10)16-11-6-2-1-4-9(11)8-14/h3,5,7,9,11H,1-2,4,6,8H2,(H,15,16). The van der Waals surface area contributed by atoms with E-state index in [2.05, 4.69) is 26.2 Å². The van der Waals surface area contributed by atoms with Crippen molar-refractivity contribution in [3.63, 3.8) is 0 Å². The van der Waals surface area contributed by atoms with Crippen LogP contribution >= 0.6 is 27.5 Å². The molecule has 0 amide bonds. The lowest BCUT2D eigenvalue weighted by atomic mass is 9.86. The molecule has 1 N–H and O–H groups in total. The second-order valence-electron chi connectivity index (χ2n) is 4.28. The maximum atomic E-state index is 6.01. The Kier molecular flexibility index (Phi) is 4.47. The number of pyridine rings is 1. The fourth-order valence-corrected chi connectivity index (χ4v) is 2.99. The van der Waals surface area contributed by atoms with Crippen molar-refractivity contribution >= 4 is 33.3 Å². The topological polar surface area (TPSA) is 24.9 Å². The second-order valence-corrected chi connectivity index (χ2v) is 5.45. The number of alkyl halides is 1. The molecular formula is C12H16BrClN2. The lowest BCUT2D eigenvalue weighted by Gasteiger charge is -2.31. The largest absolute Gasteiger partial charge is 0.366 e. The normalized spacial score (nSPS) is 25.4. The fraction of sp³-hybridized carbons (Fsp3) is 0.583. The highest BCUT2D eigenvalue weighted by molar-refractivity contribution is 9.10. The molecule has 1 saturated carbocycles. The van der Waals surface area contributed by atoms with Crippen molar-refractivity contribution in [2.24, 2.45) is 5.92 Å². The van der Waals surface area contributed by atoms with Gasteiger partial charge in [-0.25, -0.2) is 4.98 Å². The smallest absolute Gasteiger partial charge is 0.140 e. The molecule has 1 aromatic heterocycles. The third kappa shape index (κ3) is 2.89. The molecule has 0 aromatic carbocycles. The van der Waals surface area contributed by atoms with Crippen molar-refractivity contribution in [2.45, 2.75) is 31.7 Å². The number of anilines is 1. The van der Waals surface area contributed by atoms with Crippen molar-refractivity contribution in [2.75, 3.05) is 11.2 Å². The van der Waals surface area contributed by atoms with Gasteiger partial charge < -0.3 is 5.32 Å². The Hall–Kier alpha value is -0.280. The molecule has 1 heterocycles. The molecule has 16 heavy (non-hydrogen) atoms. The first-order valence-electron chi connectivity index (χ1n) is 5.74. The predicted octanol–water partition coefficient (Wildman–Crippen LogP) is 4.05. The molecular weight excluding hydrogens is 288 g/mol. The molecule has 1 fully saturated rings. The summed E-state index contributed by atoms with van der Waals surface area (Å²) in [7, 11) is 0. The number of aromatic nitrogens is 1. The molecule has 0 saturated heterocycles. The number of halogens is 2. The maximum absolute atomic E-state index is 6.01. The first-order chi connectivity index (χ1) is 7.81. The molecule has 2 rings (SSSR count). The van der Waals surface area contributed by atoms with Gasteiger partial charge in [-0.3, -0.25) is 0 Å². The SMILES string of the molecule is ClCC1CCCCC1Nc1ncccc1Br. The van der Waals surface area contributed by atoms with Gasteiger partial charge in [0.2, 0.25) is 0 Å². The molecule has 0 aliphatic heterocycles. The summed E-state index contributed by atoms with van der Waals surface area (Å²) >= 11 is 9.52. The van der Waals surface area contributed by atoms with Crippen LogP contribution in [-0.2, 0) is 0 Å². The first kappa shape index (κ1) is 12.2. The Bertz CT molecular complexity index is 346. The summed E-state index contributed by atoms with van der Waals surface area (Å²) in [5.41, 5.74) is 0. The summed E-state index contributed by atoms with van der Waals surface area (Å²) in [6.07, 6.45) is 6.83. The number of hydrogen-bond acceptors (Lipinski definition) is 2. The minimum Gasteiger partial charge on any atom is -0.366 e. The third-order valence-electron chi connectivity index (χ3n) is 3.19. The van der Waals surface area contributed by atoms with Crippen molar-refractivity contribution in [1.29, 1.82) is 0 Å². The van der Waals surface area contributed by atoms with Gasteiger partial charge in [0.05, 0.1) is 4.47 Å². The number of hydrogen-bond donors (Lipinski definition) is 1. The van der Waals surface area contributed by atoms with Crippen LogP contribution in [0.15, 0.2) is 22.8 Å². The van der Waals surface area contributed by atoms with E-state index in [0.29, 0.717) is 12.0 Å². The molecule has 0 radical (unpaired) electrons. The van der Waals surface area contributed by atoms with Crippen LogP contribution in [-0.4, -0.2) is 16.9 Å². The van der Waals surface area contributed by atoms with Crippen LogP contribution in [0, 0.1) is 5.92 Å². The third-order valence-corrected chi connectivity index (χ3v) is 4.22. The summed E-state index contributed by atoms with van der Waals surface area (Å²) in [5.74, 6) is 2.25. The van der Waals surface area contributed by atoms with E-state index in [0.717, 1.165) is 16.2 Å². The Labute approximate surface area is 110 Å². The highest BCUT2D eigenvalue weighted by Crippen LogP contribution is 2.29. The minimum absolute atomic E-state index is 0.470. The predicted molar refractivity (Wildman–Crippen MR) is 72.0 cm³/mol. The molecule has 4 heteroatoms. The van der Waals surface area contributed by atoms with Gasteiger partial charge in [-0.2, -0.15) is 0 Å². The van der Waals surface area contributed by atoms with Gasteiger partial charge in [0.1, 0.15) is 5.82 Å². The van der Waals surface area contributed by atoms with Crippen LogP contribution in [0.3, 0.4) is 0 Å². The summed E-state index contributed by atoms with van der Waals surface area (Å²) in [4.78, 5) is 4.34. The molecule has 88 valence electrons. The van der Waals surface area contributed by atoms with Crippen molar-refractivity contribution in [3.05, 3.63) is 22.8 Å². The van der Waals surface area contributed by atoms with E-state index in [1.165, 1.54) is 25.7 Å². The first-order valence-corrected chi connectivity index (χ1v) is 7.07. The lowest BCUT2D eigenvalue weighted by molar-refractivity contribution is 0.352. The van der Waals surface area contributed by atoms with E-state index in [4.69, 9.17) is 11.6 Å². The molecule has 1 aromatic rings. The zero-order valence-electron chi connectivity index (χ0n) is 9.13. The monoisotopic (exact) mass is 302 g/mol. The highest BCUT2D eigenvalue weighted by Gasteiger charge is 2.24. The molecule has 2 nitrogen and oxygen atoms in total. The lowest BCUT2D eigenvalue weighted by Crippen LogP contribution is -2.33. The van der Waals surface area contributed by atoms with Gasteiger partial charge in [-0.1, -0.05) is 12.8 Å². The van der Waals surface area contributed by atoms with Gasteiger partial charge in [0, 0.05) is 18.1 Å². The zero-order valence-corrected chi connectivity index (χ0v) is 11.5. The quantitative estimate of drug-likeness (QED) is 0.852. The highest BCUT2D eigenvalue weighted by atomic mass is 79.9. The summed E-state index contributed by atoms with van der Waals surface area (Å²) in [5, 5.41) is 3.51. The van der Waals surface area contributed by atoms with Gasteiger partial charge in [-0.15, -0.1) is 11.6 Å². The molecule has 0 bridgehead atoms. The maximum Gasteiger partial charge on any atom is 0.140 e. The Balaban J connectivity index is 2.05. The average molecular weight is 304 g/mol. The van der Waals surface area contributed by atoms with Crippen LogP contribution in [0.4, 0.5) is 5.82 Å². The van der Waals surface area contributed by atoms with Crippen LogP contribution in [0.2, 0.25) is 0 Å². The van der Waals surface area contributed by atoms with E-state index in [1.807, 2.05) is 18.3 Å². The van der Waals surface area contributed by atoms with Crippen LogP contribution < -0.4 is 5.32 Å². The summed E-state index contributed by atoms with van der Waals surface area (Å²) in [6, 6.07) is 4.40. The molecule has 1 aliphatic rings. The van der Waals surface area contributed by atoms with E-state index in [-0.39, 0.29) is 0 Å². The fourth-order valence-electron chi connectivity index (χ4n) is 2.25. The van der Waals surface area contributed by atoms with Crippen LogP contribution in [0.5, 0.6) is 0 Å². The molecule has 0 spiro atoms. The van der Waals surface area contributed by atoms with Gasteiger partial charge >= 0.3 is 0 Å². The van der Waals surface area contributed by atoms with Gasteiger partial charge in [-0.05, 0) is 46.8 Å². The van der Waals surface area contributed by atoms with Gasteiger partial charge in [0.15, 0.2) is 0 Å². The van der Waals surface area contributed by atoms with E-state index < -0.39 is 0 Å². The Morgan fingerprint density at radius 1 is 1.44 bits per heavy atom. The molecule has 2 atom stereocenters. The zero-order chi connectivity index (χ0) is 11.4. The summed E-state index contributed by atoms with van der Waals surface area (Å²) < 4.78 is 1.02. The molecule has 2 unspecified atom stereocenters. The number of rotatable bonds is 3. The van der Waals surface area contributed by atoms with Crippen molar-refractivity contribution in [1.82, 2.24) is 4.98 Å². The van der Waals surface area contributed by atoms with E-state index in [1.54, 1.807) is 0 Å². The minimum atomic E-state index is 0.470.